The summed E-state index contributed by atoms with van der Waals surface area (Å²) >= 11 is 1.56. The third kappa shape index (κ3) is 3.23. The molecule has 0 radical (unpaired) electrons. The largest absolute Gasteiger partial charge is 0.324 e. The van der Waals surface area contributed by atoms with Gasteiger partial charge in [0, 0.05) is 15.8 Å². The number of aromatic nitrogens is 2. The molecule has 2 aromatic carbocycles. The summed E-state index contributed by atoms with van der Waals surface area (Å²) in [5, 5.41) is 9.02. The highest BCUT2D eigenvalue weighted by Crippen LogP contribution is 2.33. The molecule has 0 spiro atoms. The van der Waals surface area contributed by atoms with Crippen molar-refractivity contribution in [1.29, 1.82) is 0 Å². The lowest BCUT2D eigenvalue weighted by atomic mass is 10.0. The Labute approximate surface area is 173 Å². The van der Waals surface area contributed by atoms with Crippen LogP contribution in [0.2, 0.25) is 0 Å². The Morgan fingerprint density at radius 2 is 1.76 bits per heavy atom. The molecule has 0 aliphatic heterocycles. The third-order valence-corrected chi connectivity index (χ3v) is 6.55. The molecule has 1 unspecified atom stereocenters. The van der Waals surface area contributed by atoms with E-state index < -0.39 is 6.04 Å². The van der Waals surface area contributed by atoms with Crippen molar-refractivity contribution in [2.45, 2.75) is 40.7 Å². The number of aryl methyl sites for hydroxylation is 4. The Hall–Kier alpha value is -2.99. The molecule has 0 fully saturated rings. The van der Waals surface area contributed by atoms with Crippen molar-refractivity contribution < 1.29 is 4.79 Å². The van der Waals surface area contributed by atoms with Crippen LogP contribution in [0.1, 0.15) is 35.3 Å². The average molecular weight is 406 g/mol. The number of fused-ring (bicyclic) bond motifs is 3. The number of benzene rings is 2. The summed E-state index contributed by atoms with van der Waals surface area (Å²) < 4.78 is 3.24. The van der Waals surface area contributed by atoms with E-state index in [0.717, 1.165) is 42.9 Å². The second-order valence-electron chi connectivity index (χ2n) is 7.58. The fourth-order valence-corrected chi connectivity index (χ4v) is 4.99. The quantitative estimate of drug-likeness (QED) is 0.519. The van der Waals surface area contributed by atoms with Crippen LogP contribution in [-0.2, 0) is 4.79 Å². The van der Waals surface area contributed by atoms with Crippen molar-refractivity contribution in [3.8, 4) is 0 Å². The first kappa shape index (κ1) is 19.3. The molecule has 29 heavy (non-hydrogen) atoms. The van der Waals surface area contributed by atoms with Gasteiger partial charge in [0.2, 0.25) is 5.91 Å². The van der Waals surface area contributed by atoms with Gasteiger partial charge >= 0.3 is 0 Å². The minimum Gasteiger partial charge on any atom is -0.324 e. The maximum Gasteiger partial charge on any atom is 0.276 e. The van der Waals surface area contributed by atoms with E-state index in [1.54, 1.807) is 18.3 Å². The van der Waals surface area contributed by atoms with Gasteiger partial charge in [-0.05, 0) is 51.8 Å². The van der Waals surface area contributed by atoms with Gasteiger partial charge in [-0.15, -0.1) is 11.3 Å². The molecule has 0 aliphatic carbocycles. The summed E-state index contributed by atoms with van der Waals surface area (Å²) in [6.07, 6.45) is 0. The molecule has 0 aliphatic rings. The molecule has 2 heterocycles. The van der Waals surface area contributed by atoms with E-state index in [-0.39, 0.29) is 11.5 Å². The molecule has 6 heteroatoms. The van der Waals surface area contributed by atoms with E-state index >= 15 is 0 Å². The summed E-state index contributed by atoms with van der Waals surface area (Å²) in [6.45, 7) is 9.56. The van der Waals surface area contributed by atoms with Crippen LogP contribution in [0.4, 0.5) is 5.69 Å². The Morgan fingerprint density at radius 3 is 2.45 bits per heavy atom. The number of nitrogens with zero attached hydrogens (tertiary/aromatic N) is 2. The van der Waals surface area contributed by atoms with Gasteiger partial charge in [0.15, 0.2) is 0 Å². The van der Waals surface area contributed by atoms with E-state index in [4.69, 9.17) is 0 Å². The lowest BCUT2D eigenvalue weighted by molar-refractivity contribution is -0.119. The molecular weight excluding hydrogens is 382 g/mol. The van der Waals surface area contributed by atoms with E-state index in [1.165, 1.54) is 4.68 Å². The number of amides is 1. The van der Waals surface area contributed by atoms with Crippen LogP contribution in [-0.4, -0.2) is 15.7 Å². The van der Waals surface area contributed by atoms with Crippen molar-refractivity contribution in [1.82, 2.24) is 9.78 Å². The number of nitrogens with one attached hydrogen (secondary N) is 1. The van der Waals surface area contributed by atoms with Gasteiger partial charge in [0.1, 0.15) is 6.04 Å². The van der Waals surface area contributed by atoms with E-state index in [1.807, 2.05) is 64.1 Å². The van der Waals surface area contributed by atoms with Crippen molar-refractivity contribution in [2.75, 3.05) is 5.32 Å². The monoisotopic (exact) mass is 405 g/mol. The lowest BCUT2D eigenvalue weighted by Gasteiger charge is -2.18. The van der Waals surface area contributed by atoms with Gasteiger partial charge < -0.3 is 5.32 Å². The van der Waals surface area contributed by atoms with E-state index in [0.29, 0.717) is 5.39 Å². The normalized spacial score (nSPS) is 12.4. The number of carbonyl (C=O) groups excluding carboxylic acids is 1. The van der Waals surface area contributed by atoms with Gasteiger partial charge in [-0.25, -0.2) is 4.68 Å². The molecule has 1 N–H and O–H groups in total. The number of hydrogen-bond donors (Lipinski definition) is 1. The number of rotatable bonds is 3. The zero-order valence-corrected chi connectivity index (χ0v) is 18.0. The molecule has 0 saturated heterocycles. The summed E-state index contributed by atoms with van der Waals surface area (Å²) in [7, 11) is 0. The van der Waals surface area contributed by atoms with Crippen molar-refractivity contribution in [3.05, 3.63) is 69.1 Å². The summed E-state index contributed by atoms with van der Waals surface area (Å²) in [5.74, 6) is -0.257. The minimum absolute atomic E-state index is 0.233. The molecular formula is C23H23N3O2S. The summed E-state index contributed by atoms with van der Waals surface area (Å²) in [4.78, 5) is 26.3. The van der Waals surface area contributed by atoms with Crippen molar-refractivity contribution in [3.63, 3.8) is 0 Å². The smallest absolute Gasteiger partial charge is 0.276 e. The van der Waals surface area contributed by atoms with Crippen LogP contribution >= 0.6 is 11.3 Å². The topological polar surface area (TPSA) is 64.0 Å². The molecule has 1 amide bonds. The molecule has 5 nitrogen and oxygen atoms in total. The standard InChI is InChI=1S/C23H23N3O2S/c1-12-10-13(2)20(14(3)11-12)24-22(27)16(5)26-23(28)19-17-8-6-7-9-18(17)29-21(19)15(4)25-26/h6-11,16H,1-5H3,(H,24,27). The molecule has 0 saturated carbocycles. The van der Waals surface area contributed by atoms with Crippen LogP contribution in [0, 0.1) is 27.7 Å². The predicted molar refractivity (Wildman–Crippen MR) is 120 cm³/mol. The van der Waals surface area contributed by atoms with Crippen LogP contribution in [0.5, 0.6) is 0 Å². The highest BCUT2D eigenvalue weighted by Gasteiger charge is 2.22. The maximum absolute atomic E-state index is 13.3. The van der Waals surface area contributed by atoms with Crippen LogP contribution in [0.3, 0.4) is 0 Å². The molecule has 4 rings (SSSR count). The highest BCUT2D eigenvalue weighted by molar-refractivity contribution is 7.26. The fraction of sp³-hybridized carbons (Fsp3) is 0.261. The second kappa shape index (κ2) is 7.12. The zero-order chi connectivity index (χ0) is 20.9. The van der Waals surface area contributed by atoms with E-state index in [9.17, 15) is 9.59 Å². The number of hydrogen-bond acceptors (Lipinski definition) is 4. The van der Waals surface area contributed by atoms with Gasteiger partial charge in [-0.2, -0.15) is 5.10 Å². The Morgan fingerprint density at radius 1 is 1.10 bits per heavy atom. The lowest BCUT2D eigenvalue weighted by Crippen LogP contribution is -2.34. The number of carbonyl (C=O) groups is 1. The first-order valence-electron chi connectivity index (χ1n) is 9.57. The maximum atomic E-state index is 13.3. The van der Waals surface area contributed by atoms with Gasteiger partial charge in [0.25, 0.3) is 5.56 Å². The van der Waals surface area contributed by atoms with Gasteiger partial charge in [-0.1, -0.05) is 35.9 Å². The highest BCUT2D eigenvalue weighted by atomic mass is 32.1. The molecule has 4 aromatic rings. The van der Waals surface area contributed by atoms with Gasteiger partial charge in [-0.3, -0.25) is 9.59 Å². The zero-order valence-electron chi connectivity index (χ0n) is 17.2. The summed E-state index contributed by atoms with van der Waals surface area (Å²) in [5.41, 5.74) is 4.46. The number of anilines is 1. The first-order chi connectivity index (χ1) is 13.8. The molecule has 1 atom stereocenters. The average Bonchev–Trinajstić information content (AvgIpc) is 3.07. The second-order valence-corrected chi connectivity index (χ2v) is 8.63. The third-order valence-electron chi connectivity index (χ3n) is 5.28. The Kier molecular flexibility index (Phi) is 4.74. The van der Waals surface area contributed by atoms with Crippen LogP contribution in [0.15, 0.2) is 41.2 Å². The van der Waals surface area contributed by atoms with Crippen LogP contribution in [0.25, 0.3) is 20.2 Å². The van der Waals surface area contributed by atoms with E-state index in [2.05, 4.69) is 10.4 Å². The molecule has 2 aromatic heterocycles. The van der Waals surface area contributed by atoms with Crippen molar-refractivity contribution in [2.24, 2.45) is 0 Å². The Balaban J connectivity index is 1.78. The molecule has 148 valence electrons. The SMILES string of the molecule is Cc1cc(C)c(NC(=O)C(C)n2nc(C)c3sc4ccccc4c3c2=O)c(C)c1. The fourth-order valence-electron chi connectivity index (χ4n) is 3.86. The summed E-state index contributed by atoms with van der Waals surface area (Å²) in [6, 6.07) is 11.2. The Bertz CT molecular complexity index is 1310. The van der Waals surface area contributed by atoms with Gasteiger partial charge in [0.05, 0.1) is 15.8 Å². The minimum atomic E-state index is -0.732. The first-order valence-corrected chi connectivity index (χ1v) is 10.4. The van der Waals surface area contributed by atoms with Crippen LogP contribution < -0.4 is 10.9 Å². The predicted octanol–water partition coefficient (Wildman–Crippen LogP) is 5.04. The number of thiophene rings is 1. The van der Waals surface area contributed by atoms with Crippen molar-refractivity contribution >= 4 is 43.1 Å². The molecule has 0 bridgehead atoms.